The highest BCUT2D eigenvalue weighted by atomic mass is 16.6. The van der Waals surface area contributed by atoms with Crippen LogP contribution in [0.25, 0.3) is 0 Å². The highest BCUT2D eigenvalue weighted by molar-refractivity contribution is 5.95. The van der Waals surface area contributed by atoms with E-state index in [-0.39, 0.29) is 19.6 Å². The van der Waals surface area contributed by atoms with Gasteiger partial charge in [0.2, 0.25) is 5.91 Å². The molecule has 7 heteroatoms. The van der Waals surface area contributed by atoms with E-state index in [9.17, 15) is 14.7 Å². The van der Waals surface area contributed by atoms with Crippen molar-refractivity contribution in [3.05, 3.63) is 65.7 Å². The molecule has 1 aliphatic rings. The predicted molar refractivity (Wildman–Crippen MR) is 103 cm³/mol. The maximum Gasteiger partial charge on any atom is 0.417 e. The lowest BCUT2D eigenvalue weighted by Gasteiger charge is -2.23. The van der Waals surface area contributed by atoms with E-state index in [1.807, 2.05) is 30.3 Å². The zero-order valence-corrected chi connectivity index (χ0v) is 15.7. The molecule has 1 heterocycles. The average Bonchev–Trinajstić information content (AvgIpc) is 3.17. The number of hydrogen-bond donors (Lipinski definition) is 2. The lowest BCUT2D eigenvalue weighted by molar-refractivity contribution is -0.132. The van der Waals surface area contributed by atoms with Crippen LogP contribution in [0.4, 0.5) is 4.79 Å². The van der Waals surface area contributed by atoms with Gasteiger partial charge < -0.3 is 19.9 Å². The molecular weight excluding hydrogens is 360 g/mol. The fourth-order valence-electron chi connectivity index (χ4n) is 3.04. The molecule has 0 bridgehead atoms. The Hall–Kier alpha value is -2.90. The number of benzene rings is 2. The molecular formula is C21H24N2O5. The summed E-state index contributed by atoms with van der Waals surface area (Å²) in [5, 5.41) is 12.6. The number of rotatable bonds is 6. The Labute approximate surface area is 163 Å². The lowest BCUT2D eigenvalue weighted by atomic mass is 10.1. The van der Waals surface area contributed by atoms with E-state index in [0.29, 0.717) is 12.3 Å². The Bertz CT molecular complexity index is 794. The molecule has 2 atom stereocenters. The highest BCUT2D eigenvalue weighted by Crippen LogP contribution is 2.16. The summed E-state index contributed by atoms with van der Waals surface area (Å²) in [5.41, 5.74) is 1.60. The molecule has 1 aliphatic heterocycles. The van der Waals surface area contributed by atoms with E-state index in [4.69, 9.17) is 9.47 Å². The molecule has 0 radical (unpaired) electrons. The molecule has 148 valence electrons. The fourth-order valence-corrected chi connectivity index (χ4v) is 3.04. The number of imide groups is 1. The second-order valence-electron chi connectivity index (χ2n) is 6.66. The minimum Gasteiger partial charge on any atom is -0.497 e. The van der Waals surface area contributed by atoms with Crippen molar-refractivity contribution in [3.8, 4) is 5.75 Å². The topological polar surface area (TPSA) is 88.1 Å². The van der Waals surface area contributed by atoms with Gasteiger partial charge >= 0.3 is 6.09 Å². The Balaban J connectivity index is 1.69. The number of nitrogens with one attached hydrogen (secondary N) is 1. The maximum atomic E-state index is 12.9. The van der Waals surface area contributed by atoms with Gasteiger partial charge in [0.25, 0.3) is 0 Å². The van der Waals surface area contributed by atoms with Crippen molar-refractivity contribution >= 4 is 12.0 Å². The second-order valence-corrected chi connectivity index (χ2v) is 6.66. The summed E-state index contributed by atoms with van der Waals surface area (Å²) in [5.74, 6) is 0.307. The normalized spacial score (nSPS) is 18.5. The summed E-state index contributed by atoms with van der Waals surface area (Å²) in [6.45, 7) is 0.480. The van der Waals surface area contributed by atoms with Gasteiger partial charge in [-0.15, -0.1) is 0 Å². The maximum absolute atomic E-state index is 12.9. The molecule has 2 amide bonds. The molecule has 0 saturated carbocycles. The molecule has 1 unspecified atom stereocenters. The van der Waals surface area contributed by atoms with E-state index in [1.54, 1.807) is 31.4 Å². The second kappa shape index (κ2) is 9.34. The van der Waals surface area contributed by atoms with Crippen LogP contribution < -0.4 is 10.1 Å². The SMILES string of the molecule is COc1ccc(COC(=O)N(Cc2ccccc2)C(=O)[C@@H]2CC(O)CN2)cc1. The van der Waals surface area contributed by atoms with Gasteiger partial charge in [-0.2, -0.15) is 0 Å². The minimum atomic E-state index is -0.715. The molecule has 2 aromatic carbocycles. The number of methoxy groups -OCH3 is 1. The molecule has 7 nitrogen and oxygen atoms in total. The Kier molecular flexibility index (Phi) is 6.62. The zero-order valence-electron chi connectivity index (χ0n) is 15.7. The van der Waals surface area contributed by atoms with Crippen LogP contribution in [0.15, 0.2) is 54.6 Å². The summed E-state index contributed by atoms with van der Waals surface area (Å²) in [7, 11) is 1.58. The standard InChI is InChI=1S/C21H24N2O5/c1-27-18-9-7-16(8-10-18)14-28-21(26)23(13-15-5-3-2-4-6-15)20(25)19-11-17(24)12-22-19/h2-10,17,19,22,24H,11-14H2,1H3/t17?,19-/m0/s1. The molecule has 1 fully saturated rings. The number of hydrogen-bond acceptors (Lipinski definition) is 6. The number of amides is 2. The van der Waals surface area contributed by atoms with Crippen LogP contribution in [0, 0.1) is 0 Å². The average molecular weight is 384 g/mol. The molecule has 0 aromatic heterocycles. The first-order chi connectivity index (χ1) is 13.6. The largest absolute Gasteiger partial charge is 0.497 e. The van der Waals surface area contributed by atoms with Crippen LogP contribution in [-0.4, -0.2) is 47.8 Å². The lowest BCUT2D eigenvalue weighted by Crippen LogP contribution is -2.46. The van der Waals surface area contributed by atoms with E-state index in [2.05, 4.69) is 5.32 Å². The van der Waals surface area contributed by atoms with Gasteiger partial charge in [0.05, 0.1) is 25.8 Å². The minimum absolute atomic E-state index is 0.0438. The third-order valence-corrected chi connectivity index (χ3v) is 4.60. The van der Waals surface area contributed by atoms with Crippen LogP contribution in [0.1, 0.15) is 17.5 Å². The van der Waals surface area contributed by atoms with Crippen molar-refractivity contribution in [1.82, 2.24) is 10.2 Å². The van der Waals surface area contributed by atoms with Crippen molar-refractivity contribution < 1.29 is 24.2 Å². The first kappa shape index (κ1) is 19.9. The van der Waals surface area contributed by atoms with Gasteiger partial charge in [0, 0.05) is 6.54 Å². The van der Waals surface area contributed by atoms with Crippen LogP contribution in [0.5, 0.6) is 5.75 Å². The third-order valence-electron chi connectivity index (χ3n) is 4.60. The number of β-amino-alcohol motifs (C(OH)–C–C–N with tert-alkyl or cyclic N) is 1. The zero-order chi connectivity index (χ0) is 19.9. The number of aliphatic hydroxyl groups excluding tert-OH is 1. The Morgan fingerprint density at radius 3 is 2.43 bits per heavy atom. The van der Waals surface area contributed by atoms with Gasteiger partial charge in [-0.3, -0.25) is 4.79 Å². The quantitative estimate of drug-likeness (QED) is 0.793. The van der Waals surface area contributed by atoms with Crippen molar-refractivity contribution in [2.24, 2.45) is 0 Å². The molecule has 2 N–H and O–H groups in total. The molecule has 3 rings (SSSR count). The summed E-state index contributed by atoms with van der Waals surface area (Å²) in [4.78, 5) is 26.7. The monoisotopic (exact) mass is 384 g/mol. The van der Waals surface area contributed by atoms with Crippen molar-refractivity contribution in [3.63, 3.8) is 0 Å². The highest BCUT2D eigenvalue weighted by Gasteiger charge is 2.34. The van der Waals surface area contributed by atoms with Gasteiger partial charge in [0.15, 0.2) is 0 Å². The summed E-state index contributed by atoms with van der Waals surface area (Å²) >= 11 is 0. The van der Waals surface area contributed by atoms with Gasteiger partial charge in [-0.25, -0.2) is 9.69 Å². The van der Waals surface area contributed by atoms with Crippen LogP contribution >= 0.6 is 0 Å². The fraction of sp³-hybridized carbons (Fsp3) is 0.333. The summed E-state index contributed by atoms with van der Waals surface area (Å²) in [6, 6.07) is 15.8. The van der Waals surface area contributed by atoms with Gasteiger partial charge in [0.1, 0.15) is 12.4 Å². The summed E-state index contributed by atoms with van der Waals surface area (Å²) < 4.78 is 10.5. The van der Waals surface area contributed by atoms with E-state index in [0.717, 1.165) is 16.0 Å². The smallest absolute Gasteiger partial charge is 0.417 e. The van der Waals surface area contributed by atoms with Crippen molar-refractivity contribution in [2.75, 3.05) is 13.7 Å². The summed E-state index contributed by atoms with van der Waals surface area (Å²) in [6.07, 6.45) is -1.04. The Morgan fingerprint density at radius 2 is 1.82 bits per heavy atom. The number of carbonyl (C=O) groups is 2. The number of carbonyl (C=O) groups excluding carboxylic acids is 2. The van der Waals surface area contributed by atoms with Crippen molar-refractivity contribution in [2.45, 2.75) is 31.7 Å². The third kappa shape index (κ3) is 5.09. The first-order valence-electron chi connectivity index (χ1n) is 9.13. The number of nitrogens with zero attached hydrogens (tertiary/aromatic N) is 1. The van der Waals surface area contributed by atoms with Crippen LogP contribution in [0.3, 0.4) is 0 Å². The molecule has 1 saturated heterocycles. The van der Waals surface area contributed by atoms with Crippen molar-refractivity contribution in [1.29, 1.82) is 0 Å². The molecule has 0 aliphatic carbocycles. The molecule has 28 heavy (non-hydrogen) atoms. The van der Waals surface area contributed by atoms with E-state index < -0.39 is 24.1 Å². The van der Waals surface area contributed by atoms with Gasteiger partial charge in [-0.1, -0.05) is 42.5 Å². The first-order valence-corrected chi connectivity index (χ1v) is 9.13. The number of aliphatic hydroxyl groups is 1. The molecule has 0 spiro atoms. The van der Waals surface area contributed by atoms with E-state index >= 15 is 0 Å². The molecule has 2 aromatic rings. The van der Waals surface area contributed by atoms with Crippen LogP contribution in [-0.2, 0) is 22.7 Å². The van der Waals surface area contributed by atoms with Gasteiger partial charge in [-0.05, 0) is 29.7 Å². The van der Waals surface area contributed by atoms with Crippen LogP contribution in [0.2, 0.25) is 0 Å². The van der Waals surface area contributed by atoms with E-state index in [1.165, 1.54) is 0 Å². The number of ether oxygens (including phenoxy) is 2. The Morgan fingerprint density at radius 1 is 1.11 bits per heavy atom. The predicted octanol–water partition coefficient (Wildman–Crippen LogP) is 2.08.